The first-order valence-corrected chi connectivity index (χ1v) is 10.4. The van der Waals surface area contributed by atoms with Gasteiger partial charge in [0.05, 0.1) is 4.90 Å². The number of aromatic nitrogens is 2. The Morgan fingerprint density at radius 3 is 2.35 bits per heavy atom. The van der Waals surface area contributed by atoms with Gasteiger partial charge in [0.25, 0.3) is 5.89 Å². The summed E-state index contributed by atoms with van der Waals surface area (Å²) in [6.45, 7) is 0.502. The van der Waals surface area contributed by atoms with E-state index in [1.807, 2.05) is 0 Å². The second-order valence-corrected chi connectivity index (χ2v) is 8.57. The van der Waals surface area contributed by atoms with E-state index in [-0.39, 0.29) is 29.0 Å². The summed E-state index contributed by atoms with van der Waals surface area (Å²) in [6.07, 6.45) is 0. The molecular formula is C20H18FN3O6S. The third kappa shape index (κ3) is 5.38. The lowest BCUT2D eigenvalue weighted by atomic mass is 10.2. The zero-order valence-electron chi connectivity index (χ0n) is 16.6. The van der Waals surface area contributed by atoms with Crippen LogP contribution >= 0.6 is 0 Å². The van der Waals surface area contributed by atoms with Crippen molar-refractivity contribution in [1.29, 1.82) is 0 Å². The molecule has 0 fully saturated rings. The minimum atomic E-state index is -3.95. The van der Waals surface area contributed by atoms with E-state index >= 15 is 0 Å². The number of Topliss-reactive ketones (excluding diaryl/α,β-unsaturated/α-hetero) is 1. The molecule has 0 saturated heterocycles. The molecule has 0 atom stereocenters. The molecular weight excluding hydrogens is 429 g/mol. The lowest BCUT2D eigenvalue weighted by molar-refractivity contribution is -0.145. The summed E-state index contributed by atoms with van der Waals surface area (Å²) in [5.74, 6) is -1.23. The van der Waals surface area contributed by atoms with Gasteiger partial charge in [-0.15, -0.1) is 0 Å². The summed E-state index contributed by atoms with van der Waals surface area (Å²) in [5, 5.41) is 3.67. The highest BCUT2D eigenvalue weighted by Gasteiger charge is 2.24. The van der Waals surface area contributed by atoms with Crippen LogP contribution < -0.4 is 0 Å². The number of likely N-dealkylation sites (N-methyl/N-ethyl adjacent to an activating group) is 1. The number of benzene rings is 2. The molecule has 11 heteroatoms. The molecule has 0 radical (unpaired) electrons. The van der Waals surface area contributed by atoms with E-state index in [0.717, 1.165) is 4.31 Å². The van der Waals surface area contributed by atoms with Gasteiger partial charge in [-0.25, -0.2) is 12.8 Å². The van der Waals surface area contributed by atoms with Crippen LogP contribution in [0.2, 0.25) is 0 Å². The van der Waals surface area contributed by atoms with Crippen LogP contribution in [0.15, 0.2) is 57.9 Å². The summed E-state index contributed by atoms with van der Waals surface area (Å²) in [5.41, 5.74) is 0.870. The van der Waals surface area contributed by atoms with E-state index in [1.54, 1.807) is 0 Å². The van der Waals surface area contributed by atoms with Crippen LogP contribution in [0.3, 0.4) is 0 Å². The van der Waals surface area contributed by atoms with E-state index in [4.69, 9.17) is 9.26 Å². The largest absolute Gasteiger partial charge is 0.456 e. The molecule has 31 heavy (non-hydrogen) atoms. The number of ether oxygens (including phenoxy) is 1. The third-order valence-corrected chi connectivity index (χ3v) is 6.06. The molecule has 0 amide bonds. The highest BCUT2D eigenvalue weighted by molar-refractivity contribution is 7.89. The van der Waals surface area contributed by atoms with Crippen molar-refractivity contribution in [3.8, 4) is 11.5 Å². The van der Waals surface area contributed by atoms with E-state index in [2.05, 4.69) is 10.1 Å². The van der Waals surface area contributed by atoms with Gasteiger partial charge < -0.3 is 9.26 Å². The van der Waals surface area contributed by atoms with Crippen LogP contribution in [0, 0.1) is 5.82 Å². The number of esters is 1. The van der Waals surface area contributed by atoms with Crippen LogP contribution in [-0.4, -0.2) is 48.2 Å². The second-order valence-electron chi connectivity index (χ2n) is 6.52. The SMILES string of the molecule is CC(=O)c1ccc(S(=O)(=O)N(C)CC(=O)OCc2noc(-c3ccc(F)cc3)n2)cc1. The van der Waals surface area contributed by atoms with Gasteiger partial charge in [-0.1, -0.05) is 17.3 Å². The van der Waals surface area contributed by atoms with Crippen LogP contribution in [0.1, 0.15) is 23.1 Å². The maximum absolute atomic E-state index is 13.0. The maximum Gasteiger partial charge on any atom is 0.321 e. The van der Waals surface area contributed by atoms with Crippen molar-refractivity contribution in [2.75, 3.05) is 13.6 Å². The molecule has 0 unspecified atom stereocenters. The average molecular weight is 447 g/mol. The zero-order valence-corrected chi connectivity index (χ0v) is 17.4. The van der Waals surface area contributed by atoms with Gasteiger partial charge in [0.15, 0.2) is 12.4 Å². The van der Waals surface area contributed by atoms with Crippen LogP contribution in [-0.2, 0) is 26.2 Å². The molecule has 0 saturated carbocycles. The molecule has 0 bridgehead atoms. The topological polar surface area (TPSA) is 120 Å². The van der Waals surface area contributed by atoms with E-state index in [9.17, 15) is 22.4 Å². The van der Waals surface area contributed by atoms with Crippen LogP contribution in [0.4, 0.5) is 4.39 Å². The zero-order chi connectivity index (χ0) is 22.6. The van der Waals surface area contributed by atoms with Crippen molar-refractivity contribution in [1.82, 2.24) is 14.4 Å². The molecule has 0 aliphatic heterocycles. The van der Waals surface area contributed by atoms with Gasteiger partial charge in [-0.05, 0) is 43.3 Å². The minimum absolute atomic E-state index is 0.0603. The van der Waals surface area contributed by atoms with Crippen molar-refractivity contribution < 1.29 is 31.7 Å². The van der Waals surface area contributed by atoms with Crippen molar-refractivity contribution in [3.05, 3.63) is 65.7 Å². The summed E-state index contributed by atoms with van der Waals surface area (Å²) < 4.78 is 49.0. The van der Waals surface area contributed by atoms with E-state index in [1.165, 1.54) is 62.5 Å². The Kier molecular flexibility index (Phi) is 6.56. The Bertz CT molecular complexity index is 1190. The lowest BCUT2D eigenvalue weighted by Gasteiger charge is -2.16. The first-order valence-electron chi connectivity index (χ1n) is 8.98. The smallest absolute Gasteiger partial charge is 0.321 e. The Morgan fingerprint density at radius 2 is 1.74 bits per heavy atom. The molecule has 1 aromatic heterocycles. The maximum atomic E-state index is 13.0. The summed E-state index contributed by atoms with van der Waals surface area (Å²) in [4.78, 5) is 27.4. The van der Waals surface area contributed by atoms with Gasteiger partial charge >= 0.3 is 5.97 Å². The Labute approximate surface area is 177 Å². The van der Waals surface area contributed by atoms with Gasteiger partial charge in [-0.2, -0.15) is 9.29 Å². The van der Waals surface area contributed by atoms with E-state index in [0.29, 0.717) is 11.1 Å². The fourth-order valence-electron chi connectivity index (χ4n) is 2.52. The van der Waals surface area contributed by atoms with Gasteiger partial charge in [0.2, 0.25) is 15.8 Å². The normalized spacial score (nSPS) is 11.5. The number of halogens is 1. The Morgan fingerprint density at radius 1 is 1.10 bits per heavy atom. The molecule has 162 valence electrons. The fourth-order valence-corrected chi connectivity index (χ4v) is 3.64. The van der Waals surface area contributed by atoms with Crippen molar-refractivity contribution in [2.24, 2.45) is 0 Å². The molecule has 0 N–H and O–H groups in total. The number of rotatable bonds is 8. The number of carbonyl (C=O) groups is 2. The summed E-state index contributed by atoms with van der Waals surface area (Å²) in [6, 6.07) is 10.8. The molecule has 1 heterocycles. The Balaban J connectivity index is 1.57. The number of carbonyl (C=O) groups excluding carboxylic acids is 2. The van der Waals surface area contributed by atoms with Gasteiger partial charge in [0.1, 0.15) is 12.4 Å². The molecule has 0 spiro atoms. The van der Waals surface area contributed by atoms with Crippen LogP contribution in [0.25, 0.3) is 11.5 Å². The monoisotopic (exact) mass is 447 g/mol. The van der Waals surface area contributed by atoms with Gasteiger partial charge in [-0.3, -0.25) is 9.59 Å². The molecule has 0 aliphatic rings. The molecule has 0 aliphatic carbocycles. The lowest BCUT2D eigenvalue weighted by Crippen LogP contribution is -2.33. The highest BCUT2D eigenvalue weighted by atomic mass is 32.2. The van der Waals surface area contributed by atoms with Gasteiger partial charge in [0, 0.05) is 18.2 Å². The first-order chi connectivity index (χ1) is 14.7. The van der Waals surface area contributed by atoms with Crippen molar-refractivity contribution in [2.45, 2.75) is 18.4 Å². The third-order valence-electron chi connectivity index (χ3n) is 4.24. The average Bonchev–Trinajstić information content (AvgIpc) is 3.22. The first kappa shape index (κ1) is 22.2. The predicted molar refractivity (Wildman–Crippen MR) is 106 cm³/mol. The summed E-state index contributed by atoms with van der Waals surface area (Å²) >= 11 is 0. The second kappa shape index (κ2) is 9.14. The number of sulfonamides is 1. The van der Waals surface area contributed by atoms with Crippen molar-refractivity contribution in [3.63, 3.8) is 0 Å². The van der Waals surface area contributed by atoms with Crippen molar-refractivity contribution >= 4 is 21.8 Å². The minimum Gasteiger partial charge on any atom is -0.456 e. The Hall–Kier alpha value is -3.44. The molecule has 3 rings (SSSR count). The number of nitrogens with zero attached hydrogens (tertiary/aromatic N) is 3. The standard InChI is InChI=1S/C20H18FN3O6S/c1-13(25)14-5-9-17(10-6-14)31(27,28)24(2)11-19(26)29-12-18-22-20(30-23-18)15-3-7-16(21)8-4-15/h3-10H,11-12H2,1-2H3. The van der Waals surface area contributed by atoms with Crippen LogP contribution in [0.5, 0.6) is 0 Å². The number of ketones is 1. The summed E-state index contributed by atoms with van der Waals surface area (Å²) in [7, 11) is -2.72. The number of hydrogen-bond donors (Lipinski definition) is 0. The molecule has 3 aromatic rings. The fraction of sp³-hybridized carbons (Fsp3) is 0.200. The molecule has 9 nitrogen and oxygen atoms in total. The number of hydrogen-bond acceptors (Lipinski definition) is 8. The quantitative estimate of drug-likeness (QED) is 0.381. The predicted octanol–water partition coefficient (Wildman–Crippen LogP) is 2.44. The molecule has 2 aromatic carbocycles. The highest BCUT2D eigenvalue weighted by Crippen LogP contribution is 2.18. The van der Waals surface area contributed by atoms with E-state index < -0.39 is 28.4 Å².